The van der Waals surface area contributed by atoms with E-state index in [1.165, 1.54) is 18.6 Å². The number of morpholine rings is 1. The highest BCUT2D eigenvalue weighted by molar-refractivity contribution is 5.79. The number of carbonyl (C=O) groups excluding carboxylic acids is 1. The summed E-state index contributed by atoms with van der Waals surface area (Å²) in [6.07, 6.45) is 4.67. The summed E-state index contributed by atoms with van der Waals surface area (Å²) in [7, 11) is 0. The van der Waals surface area contributed by atoms with Crippen LogP contribution in [0.5, 0.6) is 0 Å². The van der Waals surface area contributed by atoms with Crippen LogP contribution in [-0.4, -0.2) is 61.1 Å². The molecule has 2 heterocycles. The molecule has 0 bridgehead atoms. The molecule has 0 N–H and O–H groups in total. The average molecular weight is 334 g/mol. The van der Waals surface area contributed by atoms with Crippen LogP contribution in [-0.2, 0) is 16.0 Å². The maximum atomic E-state index is 13.3. The highest BCUT2D eigenvalue weighted by atomic mass is 19.1. The molecular formula is C19H27FN2O2. The summed E-state index contributed by atoms with van der Waals surface area (Å²) in [4.78, 5) is 17.2. The molecule has 0 radical (unpaired) electrons. The van der Waals surface area contributed by atoms with E-state index in [1.54, 1.807) is 6.07 Å². The van der Waals surface area contributed by atoms with Gasteiger partial charge in [-0.05, 0) is 43.4 Å². The zero-order valence-electron chi connectivity index (χ0n) is 14.3. The van der Waals surface area contributed by atoms with Crippen molar-refractivity contribution in [1.29, 1.82) is 0 Å². The number of hydrogen-bond acceptors (Lipinski definition) is 3. The van der Waals surface area contributed by atoms with Gasteiger partial charge in [-0.2, -0.15) is 0 Å². The molecule has 0 spiro atoms. The Morgan fingerprint density at radius 3 is 2.83 bits per heavy atom. The van der Waals surface area contributed by atoms with Crippen LogP contribution in [0.15, 0.2) is 24.3 Å². The van der Waals surface area contributed by atoms with E-state index in [-0.39, 0.29) is 11.7 Å². The normalized spacial score (nSPS) is 22.5. The van der Waals surface area contributed by atoms with Gasteiger partial charge >= 0.3 is 0 Å². The molecule has 1 aromatic rings. The van der Waals surface area contributed by atoms with Gasteiger partial charge in [0, 0.05) is 32.2 Å². The second-order valence-corrected chi connectivity index (χ2v) is 6.79. The van der Waals surface area contributed by atoms with Crippen LogP contribution in [0.4, 0.5) is 4.39 Å². The lowest BCUT2D eigenvalue weighted by molar-refractivity contribution is -0.134. The largest absolute Gasteiger partial charge is 0.379 e. The number of benzene rings is 1. The SMILES string of the molecule is O=C(Cc1cccc(F)c1)N1CCCC[C@H]1CCN1CCOCC1. The predicted octanol–water partition coefficient (Wildman–Crippen LogP) is 2.47. The molecule has 2 aliphatic heterocycles. The van der Waals surface area contributed by atoms with E-state index in [4.69, 9.17) is 4.74 Å². The topological polar surface area (TPSA) is 32.8 Å². The fraction of sp³-hybridized carbons (Fsp3) is 0.632. The van der Waals surface area contributed by atoms with Gasteiger partial charge < -0.3 is 9.64 Å². The standard InChI is InChI=1S/C19H27FN2O2/c20-17-5-3-4-16(14-17)15-19(23)22-8-2-1-6-18(22)7-9-21-10-12-24-13-11-21/h3-5,14,18H,1-2,6-13,15H2/t18-/m0/s1. The van der Waals surface area contributed by atoms with Crippen molar-refractivity contribution in [2.24, 2.45) is 0 Å². The lowest BCUT2D eigenvalue weighted by Gasteiger charge is -2.37. The molecule has 0 saturated carbocycles. The van der Waals surface area contributed by atoms with Crippen LogP contribution in [0.2, 0.25) is 0 Å². The third-order valence-electron chi connectivity index (χ3n) is 5.07. The second kappa shape index (κ2) is 8.58. The van der Waals surface area contributed by atoms with Crippen LogP contribution in [0.25, 0.3) is 0 Å². The monoisotopic (exact) mass is 334 g/mol. The Morgan fingerprint density at radius 2 is 2.04 bits per heavy atom. The van der Waals surface area contributed by atoms with Gasteiger partial charge in [-0.25, -0.2) is 4.39 Å². The first-order valence-corrected chi connectivity index (χ1v) is 9.06. The zero-order valence-corrected chi connectivity index (χ0v) is 14.3. The number of ether oxygens (including phenoxy) is 1. The smallest absolute Gasteiger partial charge is 0.227 e. The quantitative estimate of drug-likeness (QED) is 0.829. The number of rotatable bonds is 5. The first-order chi connectivity index (χ1) is 11.7. The molecule has 2 fully saturated rings. The molecule has 1 amide bonds. The number of piperidine rings is 1. The van der Waals surface area contributed by atoms with Crippen LogP contribution in [0.1, 0.15) is 31.2 Å². The number of halogens is 1. The van der Waals surface area contributed by atoms with Gasteiger partial charge in [0.25, 0.3) is 0 Å². The molecule has 5 heteroatoms. The molecule has 132 valence electrons. The van der Waals surface area contributed by atoms with Crippen molar-refractivity contribution in [3.05, 3.63) is 35.6 Å². The molecule has 3 rings (SSSR count). The summed E-state index contributed by atoms with van der Waals surface area (Å²) in [5.41, 5.74) is 0.762. The predicted molar refractivity (Wildman–Crippen MR) is 91.3 cm³/mol. The van der Waals surface area contributed by atoms with Gasteiger partial charge in [-0.3, -0.25) is 9.69 Å². The van der Waals surface area contributed by atoms with Crippen molar-refractivity contribution < 1.29 is 13.9 Å². The summed E-state index contributed by atoms with van der Waals surface area (Å²) < 4.78 is 18.7. The average Bonchev–Trinajstić information content (AvgIpc) is 2.61. The van der Waals surface area contributed by atoms with E-state index in [0.29, 0.717) is 12.5 Å². The first-order valence-electron chi connectivity index (χ1n) is 9.06. The molecule has 0 aromatic heterocycles. The zero-order chi connectivity index (χ0) is 16.8. The summed E-state index contributed by atoms with van der Waals surface area (Å²) in [5.74, 6) is -0.143. The molecular weight excluding hydrogens is 307 g/mol. The van der Waals surface area contributed by atoms with Crippen LogP contribution >= 0.6 is 0 Å². The molecule has 4 nitrogen and oxygen atoms in total. The Morgan fingerprint density at radius 1 is 1.21 bits per heavy atom. The van der Waals surface area contributed by atoms with Crippen molar-refractivity contribution in [2.45, 2.75) is 38.1 Å². The van der Waals surface area contributed by atoms with E-state index >= 15 is 0 Å². The Labute approximate surface area is 143 Å². The highest BCUT2D eigenvalue weighted by Gasteiger charge is 2.27. The van der Waals surface area contributed by atoms with Gasteiger partial charge in [0.1, 0.15) is 5.82 Å². The summed E-state index contributed by atoms with van der Waals surface area (Å²) >= 11 is 0. The van der Waals surface area contributed by atoms with Gasteiger partial charge in [0.05, 0.1) is 19.6 Å². The van der Waals surface area contributed by atoms with Crippen molar-refractivity contribution in [1.82, 2.24) is 9.80 Å². The maximum absolute atomic E-state index is 13.3. The Balaban J connectivity index is 1.55. The summed E-state index contributed by atoms with van der Waals surface area (Å²) in [5, 5.41) is 0. The van der Waals surface area contributed by atoms with E-state index in [1.807, 2.05) is 11.0 Å². The third kappa shape index (κ3) is 4.77. The van der Waals surface area contributed by atoms with Crippen molar-refractivity contribution >= 4 is 5.91 Å². The summed E-state index contributed by atoms with van der Waals surface area (Å²) in [6.45, 7) is 5.47. The number of likely N-dealkylation sites (tertiary alicyclic amines) is 1. The van der Waals surface area contributed by atoms with Crippen LogP contribution in [0.3, 0.4) is 0 Å². The number of amides is 1. The minimum Gasteiger partial charge on any atom is -0.379 e. The maximum Gasteiger partial charge on any atom is 0.227 e. The number of nitrogens with zero attached hydrogens (tertiary/aromatic N) is 2. The lowest BCUT2D eigenvalue weighted by atomic mass is 9.98. The van der Waals surface area contributed by atoms with E-state index < -0.39 is 0 Å². The lowest BCUT2D eigenvalue weighted by Crippen LogP contribution is -2.46. The van der Waals surface area contributed by atoms with Gasteiger partial charge in [-0.1, -0.05) is 12.1 Å². The Bertz CT molecular complexity index is 546. The molecule has 0 unspecified atom stereocenters. The first kappa shape index (κ1) is 17.4. The third-order valence-corrected chi connectivity index (χ3v) is 5.07. The van der Waals surface area contributed by atoms with Crippen molar-refractivity contribution in [2.75, 3.05) is 39.4 Å². The van der Waals surface area contributed by atoms with Gasteiger partial charge in [0.15, 0.2) is 0 Å². The summed E-state index contributed by atoms with van der Waals surface area (Å²) in [6, 6.07) is 6.70. The fourth-order valence-electron chi connectivity index (χ4n) is 3.71. The molecule has 0 aliphatic carbocycles. The van der Waals surface area contributed by atoms with E-state index in [0.717, 1.165) is 64.2 Å². The minimum absolute atomic E-state index is 0.132. The number of hydrogen-bond donors (Lipinski definition) is 0. The van der Waals surface area contributed by atoms with Crippen molar-refractivity contribution in [3.63, 3.8) is 0 Å². The van der Waals surface area contributed by atoms with E-state index in [2.05, 4.69) is 4.90 Å². The van der Waals surface area contributed by atoms with Crippen LogP contribution in [0, 0.1) is 5.82 Å². The van der Waals surface area contributed by atoms with Crippen LogP contribution < -0.4 is 0 Å². The fourth-order valence-corrected chi connectivity index (χ4v) is 3.71. The molecule has 1 aromatic carbocycles. The second-order valence-electron chi connectivity index (χ2n) is 6.79. The van der Waals surface area contributed by atoms with Gasteiger partial charge in [0.2, 0.25) is 5.91 Å². The number of carbonyl (C=O) groups is 1. The minimum atomic E-state index is -0.275. The molecule has 2 aliphatic rings. The van der Waals surface area contributed by atoms with E-state index in [9.17, 15) is 9.18 Å². The molecule has 2 saturated heterocycles. The molecule has 24 heavy (non-hydrogen) atoms. The van der Waals surface area contributed by atoms with Crippen molar-refractivity contribution in [3.8, 4) is 0 Å². The highest BCUT2D eigenvalue weighted by Crippen LogP contribution is 2.21. The molecule has 1 atom stereocenters. The Kier molecular flexibility index (Phi) is 6.21. The van der Waals surface area contributed by atoms with Gasteiger partial charge in [-0.15, -0.1) is 0 Å². The Hall–Kier alpha value is -1.46.